The second kappa shape index (κ2) is 7.45. The van der Waals surface area contributed by atoms with Crippen molar-refractivity contribution >= 4 is 35.0 Å². The van der Waals surface area contributed by atoms with E-state index in [1.807, 2.05) is 13.8 Å². The monoisotopic (exact) mass is 317 g/mol. The number of nitrogens with zero attached hydrogens (tertiary/aromatic N) is 1. The van der Waals surface area contributed by atoms with Crippen molar-refractivity contribution < 1.29 is 9.59 Å². The first-order valence-electron chi connectivity index (χ1n) is 6.18. The molecule has 1 unspecified atom stereocenters. The molecule has 1 heterocycles. The minimum Gasteiger partial charge on any atom is -0.357 e. The average molecular weight is 318 g/mol. The highest BCUT2D eigenvalue weighted by Gasteiger charge is 2.21. The van der Waals surface area contributed by atoms with Crippen molar-refractivity contribution in [3.8, 4) is 0 Å². The van der Waals surface area contributed by atoms with Gasteiger partial charge < -0.3 is 10.6 Å². The van der Waals surface area contributed by atoms with Crippen LogP contribution in [-0.2, 0) is 4.79 Å². The van der Waals surface area contributed by atoms with Gasteiger partial charge in [0.1, 0.15) is 11.2 Å². The lowest BCUT2D eigenvalue weighted by Crippen LogP contribution is -2.46. The maximum Gasteiger partial charge on any atom is 0.253 e. The third kappa shape index (κ3) is 4.65. The Kier molecular flexibility index (Phi) is 6.23. The highest BCUT2D eigenvalue weighted by atomic mass is 35.5. The average Bonchev–Trinajstić information content (AvgIpc) is 2.39. The first-order valence-corrected chi connectivity index (χ1v) is 6.94. The molecule has 110 valence electrons. The van der Waals surface area contributed by atoms with Gasteiger partial charge in [-0.25, -0.2) is 4.98 Å². The second-order valence-corrected chi connectivity index (χ2v) is 5.53. The van der Waals surface area contributed by atoms with Gasteiger partial charge >= 0.3 is 0 Å². The van der Waals surface area contributed by atoms with Crippen LogP contribution in [0, 0.1) is 5.92 Å². The van der Waals surface area contributed by atoms with Crippen LogP contribution < -0.4 is 10.6 Å². The molecule has 0 radical (unpaired) electrons. The summed E-state index contributed by atoms with van der Waals surface area (Å²) in [6.45, 7) is 3.95. The SMILES string of the molecule is CNC(=O)C(CC(C)C)NC(=O)c1cnc(Cl)c(Cl)c1. The van der Waals surface area contributed by atoms with E-state index in [1.165, 1.54) is 19.3 Å². The Morgan fingerprint density at radius 2 is 2.00 bits per heavy atom. The van der Waals surface area contributed by atoms with Crippen molar-refractivity contribution in [2.75, 3.05) is 7.05 Å². The van der Waals surface area contributed by atoms with Gasteiger partial charge in [0.15, 0.2) is 0 Å². The molecule has 0 saturated heterocycles. The fraction of sp³-hybridized carbons (Fsp3) is 0.462. The molecule has 1 aromatic heterocycles. The number of halogens is 2. The number of rotatable bonds is 5. The van der Waals surface area contributed by atoms with Crippen LogP contribution in [0.3, 0.4) is 0 Å². The highest BCUT2D eigenvalue weighted by molar-refractivity contribution is 6.41. The molecule has 0 bridgehead atoms. The van der Waals surface area contributed by atoms with Gasteiger partial charge in [0.2, 0.25) is 5.91 Å². The van der Waals surface area contributed by atoms with Crippen molar-refractivity contribution in [3.05, 3.63) is 28.0 Å². The van der Waals surface area contributed by atoms with E-state index < -0.39 is 11.9 Å². The molecule has 1 atom stereocenters. The van der Waals surface area contributed by atoms with Gasteiger partial charge in [-0.2, -0.15) is 0 Å². The van der Waals surface area contributed by atoms with E-state index in [1.54, 1.807) is 0 Å². The maximum absolute atomic E-state index is 12.1. The lowest BCUT2D eigenvalue weighted by atomic mass is 10.0. The van der Waals surface area contributed by atoms with Crippen LogP contribution in [0.15, 0.2) is 12.3 Å². The van der Waals surface area contributed by atoms with Crippen LogP contribution in [0.4, 0.5) is 0 Å². The Labute approximate surface area is 128 Å². The summed E-state index contributed by atoms with van der Waals surface area (Å²) in [4.78, 5) is 27.6. The van der Waals surface area contributed by atoms with Gasteiger partial charge in [0.05, 0.1) is 10.6 Å². The smallest absolute Gasteiger partial charge is 0.253 e. The van der Waals surface area contributed by atoms with Crippen LogP contribution in [0.1, 0.15) is 30.6 Å². The van der Waals surface area contributed by atoms with E-state index in [9.17, 15) is 9.59 Å². The molecule has 20 heavy (non-hydrogen) atoms. The molecule has 1 rings (SSSR count). The largest absolute Gasteiger partial charge is 0.357 e. The van der Waals surface area contributed by atoms with E-state index in [-0.39, 0.29) is 27.6 Å². The van der Waals surface area contributed by atoms with Gasteiger partial charge in [-0.3, -0.25) is 9.59 Å². The summed E-state index contributed by atoms with van der Waals surface area (Å²) >= 11 is 11.5. The number of nitrogens with one attached hydrogen (secondary N) is 2. The molecule has 0 fully saturated rings. The lowest BCUT2D eigenvalue weighted by Gasteiger charge is -2.19. The first-order chi connectivity index (χ1) is 9.35. The predicted octanol–water partition coefficient (Wildman–Crippen LogP) is 2.28. The molecule has 0 aromatic carbocycles. The fourth-order valence-corrected chi connectivity index (χ4v) is 1.93. The quantitative estimate of drug-likeness (QED) is 0.818. The zero-order chi connectivity index (χ0) is 15.3. The van der Waals surface area contributed by atoms with Gasteiger partial charge in [-0.1, -0.05) is 37.0 Å². The summed E-state index contributed by atoms with van der Waals surface area (Å²) in [6, 6.07) is 0.824. The molecule has 0 aliphatic rings. The molecular weight excluding hydrogens is 301 g/mol. The number of aromatic nitrogens is 1. The molecular formula is C13H17Cl2N3O2. The summed E-state index contributed by atoms with van der Waals surface area (Å²) in [7, 11) is 1.53. The number of hydrogen-bond acceptors (Lipinski definition) is 3. The molecule has 2 N–H and O–H groups in total. The van der Waals surface area contributed by atoms with E-state index in [0.717, 1.165) is 0 Å². The summed E-state index contributed by atoms with van der Waals surface area (Å²) in [5.41, 5.74) is 0.261. The Balaban J connectivity index is 2.84. The molecule has 5 nitrogen and oxygen atoms in total. The third-order valence-corrected chi connectivity index (χ3v) is 3.32. The topological polar surface area (TPSA) is 71.1 Å². The maximum atomic E-state index is 12.1. The summed E-state index contributed by atoms with van der Waals surface area (Å²) < 4.78 is 0. The van der Waals surface area contributed by atoms with Crippen molar-refractivity contribution in [3.63, 3.8) is 0 Å². The Bertz CT molecular complexity index is 506. The van der Waals surface area contributed by atoms with Crippen LogP contribution in [0.2, 0.25) is 10.2 Å². The minimum absolute atomic E-state index is 0.133. The van der Waals surface area contributed by atoms with Crippen molar-refractivity contribution in [2.45, 2.75) is 26.3 Å². The second-order valence-electron chi connectivity index (χ2n) is 4.77. The predicted molar refractivity (Wildman–Crippen MR) is 79.0 cm³/mol. The molecule has 0 saturated carbocycles. The summed E-state index contributed by atoms with van der Waals surface area (Å²) in [6.07, 6.45) is 1.86. The third-order valence-electron chi connectivity index (χ3n) is 2.63. The number of pyridine rings is 1. The van der Waals surface area contributed by atoms with Crippen molar-refractivity contribution in [1.29, 1.82) is 0 Å². The molecule has 7 heteroatoms. The Morgan fingerprint density at radius 1 is 1.35 bits per heavy atom. The van der Waals surface area contributed by atoms with Gasteiger partial charge in [0.25, 0.3) is 5.91 Å². The molecule has 0 spiro atoms. The van der Waals surface area contributed by atoms with Crippen LogP contribution >= 0.6 is 23.2 Å². The van der Waals surface area contributed by atoms with Crippen molar-refractivity contribution in [2.24, 2.45) is 5.92 Å². The zero-order valence-electron chi connectivity index (χ0n) is 11.5. The zero-order valence-corrected chi connectivity index (χ0v) is 13.0. The van der Waals surface area contributed by atoms with Crippen LogP contribution in [0.5, 0.6) is 0 Å². The number of likely N-dealkylation sites (N-methyl/N-ethyl adjacent to an activating group) is 1. The number of carbonyl (C=O) groups is 2. The summed E-state index contributed by atoms with van der Waals surface area (Å²) in [5.74, 6) is -0.380. The Morgan fingerprint density at radius 3 is 2.50 bits per heavy atom. The minimum atomic E-state index is -0.595. The van der Waals surface area contributed by atoms with Gasteiger partial charge in [-0.15, -0.1) is 0 Å². The number of hydrogen-bond donors (Lipinski definition) is 2. The Hall–Kier alpha value is -1.33. The highest BCUT2D eigenvalue weighted by Crippen LogP contribution is 2.19. The first kappa shape index (κ1) is 16.7. The van der Waals surface area contributed by atoms with Crippen LogP contribution in [-0.4, -0.2) is 29.9 Å². The van der Waals surface area contributed by atoms with E-state index in [2.05, 4.69) is 15.6 Å². The van der Waals surface area contributed by atoms with Gasteiger partial charge in [-0.05, 0) is 18.4 Å². The normalized spacial score (nSPS) is 12.1. The van der Waals surface area contributed by atoms with E-state index in [0.29, 0.717) is 6.42 Å². The molecule has 1 aromatic rings. The number of carbonyl (C=O) groups excluding carboxylic acids is 2. The fourth-order valence-electron chi connectivity index (χ4n) is 1.66. The lowest BCUT2D eigenvalue weighted by molar-refractivity contribution is -0.122. The van der Waals surface area contributed by atoms with Crippen LogP contribution in [0.25, 0.3) is 0 Å². The van der Waals surface area contributed by atoms with Gasteiger partial charge in [0, 0.05) is 13.2 Å². The molecule has 2 amide bonds. The molecule has 0 aliphatic heterocycles. The van der Waals surface area contributed by atoms with Crippen molar-refractivity contribution in [1.82, 2.24) is 15.6 Å². The summed E-state index contributed by atoms with van der Waals surface area (Å²) in [5, 5.41) is 5.53. The molecule has 0 aliphatic carbocycles. The number of amides is 2. The van der Waals surface area contributed by atoms with E-state index in [4.69, 9.17) is 23.2 Å². The van der Waals surface area contributed by atoms with E-state index >= 15 is 0 Å². The standard InChI is InChI=1S/C13H17Cl2N3O2/c1-7(2)4-10(13(20)16-3)18-12(19)8-5-9(14)11(15)17-6-8/h5-7,10H,4H2,1-3H3,(H,16,20)(H,18,19).